The highest BCUT2D eigenvalue weighted by Gasteiger charge is 2.44. The van der Waals surface area contributed by atoms with Gasteiger partial charge in [0.2, 0.25) is 5.78 Å². The van der Waals surface area contributed by atoms with E-state index in [-0.39, 0.29) is 11.3 Å². The number of aromatic nitrogens is 1. The summed E-state index contributed by atoms with van der Waals surface area (Å²) < 4.78 is 11.2. The monoisotopic (exact) mass is 463 g/mol. The third-order valence-corrected chi connectivity index (χ3v) is 6.29. The first-order valence-electron chi connectivity index (χ1n) is 11.5. The number of rotatable bonds is 10. The van der Waals surface area contributed by atoms with Crippen LogP contribution in [0, 0.1) is 0 Å². The number of pyridine rings is 1. The van der Waals surface area contributed by atoms with Crippen LogP contribution in [0.5, 0.6) is 5.75 Å². The van der Waals surface area contributed by atoms with Crippen LogP contribution in [-0.4, -0.2) is 64.9 Å². The van der Waals surface area contributed by atoms with Crippen LogP contribution in [0.15, 0.2) is 64.5 Å². The van der Waals surface area contributed by atoms with E-state index in [0.717, 1.165) is 19.6 Å². The zero-order valence-corrected chi connectivity index (χ0v) is 19.7. The maximum atomic E-state index is 13.6. The molecule has 0 fully saturated rings. The van der Waals surface area contributed by atoms with Gasteiger partial charge in [-0.25, -0.2) is 0 Å². The molecule has 0 radical (unpaired) electrons. The second-order valence-corrected chi connectivity index (χ2v) is 8.14. The van der Waals surface area contributed by atoms with Gasteiger partial charge in [-0.1, -0.05) is 26.0 Å². The second kappa shape index (κ2) is 10.1. The topological polar surface area (TPSA) is 96.1 Å². The number of amides is 1. The van der Waals surface area contributed by atoms with E-state index < -0.39 is 23.5 Å². The van der Waals surface area contributed by atoms with Crippen LogP contribution >= 0.6 is 0 Å². The van der Waals surface area contributed by atoms with Crippen molar-refractivity contribution in [3.63, 3.8) is 0 Å². The highest BCUT2D eigenvalue weighted by molar-refractivity contribution is 6.16. The van der Waals surface area contributed by atoms with Gasteiger partial charge in [-0.15, -0.1) is 0 Å². The average molecular weight is 464 g/mol. The minimum atomic E-state index is -0.727. The Balaban J connectivity index is 1.70. The Labute approximate surface area is 198 Å². The van der Waals surface area contributed by atoms with Crippen LogP contribution < -0.4 is 4.74 Å². The molecule has 3 aromatic rings. The Hall–Kier alpha value is -3.65. The summed E-state index contributed by atoms with van der Waals surface area (Å²) in [7, 11) is 1.53. The van der Waals surface area contributed by atoms with Crippen molar-refractivity contribution in [2.75, 3.05) is 33.3 Å². The predicted molar refractivity (Wildman–Crippen MR) is 128 cm³/mol. The number of aliphatic hydroxyl groups excluding tert-OH is 1. The maximum absolute atomic E-state index is 13.6. The third-order valence-electron chi connectivity index (χ3n) is 6.29. The number of nitrogens with zero attached hydrogens (tertiary/aromatic N) is 3. The molecule has 0 spiro atoms. The van der Waals surface area contributed by atoms with Gasteiger partial charge in [0.05, 0.1) is 18.7 Å². The lowest BCUT2D eigenvalue weighted by Crippen LogP contribution is -2.34. The molecule has 2 aromatic heterocycles. The van der Waals surface area contributed by atoms with E-state index in [4.69, 9.17) is 9.15 Å². The van der Waals surface area contributed by atoms with Crippen molar-refractivity contribution < 1.29 is 23.8 Å². The van der Waals surface area contributed by atoms with E-state index in [0.29, 0.717) is 35.2 Å². The highest BCUT2D eigenvalue weighted by Crippen LogP contribution is 2.40. The summed E-state index contributed by atoms with van der Waals surface area (Å²) in [5, 5.41) is 11.5. The largest absolute Gasteiger partial charge is 0.503 e. The molecule has 0 saturated carbocycles. The molecule has 0 aliphatic carbocycles. The van der Waals surface area contributed by atoms with E-state index in [2.05, 4.69) is 23.7 Å². The van der Waals surface area contributed by atoms with Crippen molar-refractivity contribution >= 4 is 22.7 Å². The van der Waals surface area contributed by atoms with Crippen LogP contribution in [0.3, 0.4) is 0 Å². The van der Waals surface area contributed by atoms with Crippen molar-refractivity contribution in [2.45, 2.75) is 26.3 Å². The number of para-hydroxylation sites is 1. The molecule has 0 unspecified atom stereocenters. The lowest BCUT2D eigenvalue weighted by Gasteiger charge is -2.27. The fraction of sp³-hybridized carbons (Fsp3) is 0.346. The van der Waals surface area contributed by atoms with Crippen molar-refractivity contribution in [2.24, 2.45) is 0 Å². The maximum Gasteiger partial charge on any atom is 0.290 e. The standard InChI is InChI=1S/C26H29N3O5/c1-4-28(5-2)14-7-15-29-22(17-10-12-27-13-11-17)21(24(31)26(29)32)23(30)20-16-18-8-6-9-19(33-3)25(18)34-20/h6,8-13,16,22,31H,4-5,7,14-15H2,1-3H3/t22-/m1/s1. The number of carbonyl (C=O) groups is 2. The highest BCUT2D eigenvalue weighted by atomic mass is 16.5. The molecule has 3 heterocycles. The van der Waals surface area contributed by atoms with E-state index in [1.165, 1.54) is 7.11 Å². The molecule has 1 aromatic carbocycles. The number of furan rings is 1. The Morgan fingerprint density at radius 3 is 2.62 bits per heavy atom. The van der Waals surface area contributed by atoms with Crippen molar-refractivity contribution in [1.29, 1.82) is 0 Å². The average Bonchev–Trinajstić information content (AvgIpc) is 3.41. The summed E-state index contributed by atoms with van der Waals surface area (Å²) in [5.74, 6) is -1.09. The Bertz CT molecular complexity index is 1210. The summed E-state index contributed by atoms with van der Waals surface area (Å²) in [6, 6.07) is 9.75. The fourth-order valence-corrected chi connectivity index (χ4v) is 4.45. The van der Waals surface area contributed by atoms with E-state index in [1.807, 2.05) is 6.07 Å². The molecule has 178 valence electrons. The van der Waals surface area contributed by atoms with Gasteiger partial charge in [-0.05, 0) is 55.9 Å². The molecule has 1 aliphatic rings. The van der Waals surface area contributed by atoms with Gasteiger partial charge in [0.15, 0.2) is 22.9 Å². The van der Waals surface area contributed by atoms with Gasteiger partial charge in [0.1, 0.15) is 0 Å². The molecule has 0 bridgehead atoms. The van der Waals surface area contributed by atoms with E-state index >= 15 is 0 Å². The van der Waals surface area contributed by atoms with Crippen molar-refractivity contribution in [3.05, 3.63) is 71.4 Å². The number of ether oxygens (including phenoxy) is 1. The fourth-order valence-electron chi connectivity index (χ4n) is 4.45. The molecule has 34 heavy (non-hydrogen) atoms. The number of carbonyl (C=O) groups excluding carboxylic acids is 2. The molecule has 8 nitrogen and oxygen atoms in total. The normalized spacial score (nSPS) is 16.2. The number of methoxy groups -OCH3 is 1. The number of hydrogen-bond donors (Lipinski definition) is 1. The number of fused-ring (bicyclic) bond motifs is 1. The molecule has 0 saturated heterocycles. The Morgan fingerprint density at radius 2 is 1.94 bits per heavy atom. The van der Waals surface area contributed by atoms with Gasteiger partial charge >= 0.3 is 0 Å². The quantitative estimate of drug-likeness (QED) is 0.451. The van der Waals surface area contributed by atoms with E-state index in [1.54, 1.807) is 47.6 Å². The predicted octanol–water partition coefficient (Wildman–Crippen LogP) is 4.15. The summed E-state index contributed by atoms with van der Waals surface area (Å²) in [6.45, 7) is 7.24. The summed E-state index contributed by atoms with van der Waals surface area (Å²) in [6.07, 6.45) is 3.93. The summed E-state index contributed by atoms with van der Waals surface area (Å²) in [5.41, 5.74) is 1.15. The Morgan fingerprint density at radius 1 is 1.21 bits per heavy atom. The number of ketones is 1. The van der Waals surface area contributed by atoms with Crippen LogP contribution in [-0.2, 0) is 4.79 Å². The Kier molecular flexibility index (Phi) is 6.98. The molecule has 8 heteroatoms. The lowest BCUT2D eigenvalue weighted by molar-refractivity contribution is -0.129. The number of hydrogen-bond acceptors (Lipinski definition) is 7. The minimum Gasteiger partial charge on any atom is -0.503 e. The molecule has 1 N–H and O–H groups in total. The molecule has 1 aliphatic heterocycles. The van der Waals surface area contributed by atoms with Crippen LogP contribution in [0.25, 0.3) is 11.0 Å². The first-order chi connectivity index (χ1) is 16.5. The van der Waals surface area contributed by atoms with E-state index in [9.17, 15) is 14.7 Å². The van der Waals surface area contributed by atoms with Crippen LogP contribution in [0.2, 0.25) is 0 Å². The summed E-state index contributed by atoms with van der Waals surface area (Å²) >= 11 is 0. The van der Waals surface area contributed by atoms with Gasteiger partial charge in [0, 0.05) is 24.3 Å². The van der Waals surface area contributed by atoms with Gasteiger partial charge in [-0.2, -0.15) is 0 Å². The van der Waals surface area contributed by atoms with Gasteiger partial charge in [0.25, 0.3) is 5.91 Å². The number of Topliss-reactive ketones (excluding diaryl/α,β-unsaturated/α-hetero) is 1. The second-order valence-electron chi connectivity index (χ2n) is 8.14. The first-order valence-corrected chi connectivity index (χ1v) is 11.5. The number of aliphatic hydroxyl groups is 1. The number of benzene rings is 1. The molecule has 4 rings (SSSR count). The minimum absolute atomic E-state index is 0.0112. The van der Waals surface area contributed by atoms with Crippen LogP contribution in [0.4, 0.5) is 0 Å². The van der Waals surface area contributed by atoms with Crippen molar-refractivity contribution in [3.8, 4) is 5.75 Å². The van der Waals surface area contributed by atoms with Gasteiger partial charge < -0.3 is 24.1 Å². The molecule has 1 amide bonds. The first kappa shape index (κ1) is 23.5. The molecular formula is C26H29N3O5. The third kappa shape index (κ3) is 4.28. The molecular weight excluding hydrogens is 434 g/mol. The summed E-state index contributed by atoms with van der Waals surface area (Å²) in [4.78, 5) is 34.6. The smallest absolute Gasteiger partial charge is 0.290 e. The lowest BCUT2D eigenvalue weighted by atomic mass is 9.95. The zero-order valence-electron chi connectivity index (χ0n) is 19.7. The SMILES string of the molecule is CCN(CC)CCCN1C(=O)C(O)=C(C(=O)c2cc3cccc(OC)c3o2)[C@H]1c1ccncc1. The van der Waals surface area contributed by atoms with Gasteiger partial charge in [-0.3, -0.25) is 14.6 Å². The zero-order chi connectivity index (χ0) is 24.2. The molecule has 1 atom stereocenters. The van der Waals surface area contributed by atoms with Crippen molar-refractivity contribution in [1.82, 2.24) is 14.8 Å². The van der Waals surface area contributed by atoms with Crippen LogP contribution in [0.1, 0.15) is 42.4 Å².